The molecular weight excluding hydrogens is 549 g/mol. The highest BCUT2D eigenvalue weighted by Crippen LogP contribution is 2.33. The minimum atomic E-state index is -0.522. The van der Waals surface area contributed by atoms with E-state index in [4.69, 9.17) is 37.4 Å². The summed E-state index contributed by atoms with van der Waals surface area (Å²) in [6.07, 6.45) is 0.205. The Bertz CT molecular complexity index is 1280. The molecule has 1 N–H and O–H groups in total. The van der Waals surface area contributed by atoms with Gasteiger partial charge in [-0.1, -0.05) is 36.2 Å². The monoisotopic (exact) mass is 583 g/mol. The molecule has 212 valence electrons. The number of nitrogens with one attached hydrogen (secondary N) is 1. The van der Waals surface area contributed by atoms with E-state index in [9.17, 15) is 4.79 Å². The maximum absolute atomic E-state index is 12.4. The first kappa shape index (κ1) is 28.6. The fourth-order valence-electron chi connectivity index (χ4n) is 4.79. The average molecular weight is 585 g/mol. The third-order valence-electron chi connectivity index (χ3n) is 7.37. The van der Waals surface area contributed by atoms with Crippen LogP contribution < -0.4 is 19.9 Å². The molecule has 1 unspecified atom stereocenters. The number of carbonyl (C=O) groups is 1. The largest absolute Gasteiger partial charge is 0.491 e. The van der Waals surface area contributed by atoms with Crippen molar-refractivity contribution in [3.05, 3.63) is 87.9 Å². The van der Waals surface area contributed by atoms with E-state index < -0.39 is 6.29 Å². The van der Waals surface area contributed by atoms with Crippen molar-refractivity contribution in [2.24, 2.45) is 0 Å². The lowest BCUT2D eigenvalue weighted by Crippen LogP contribution is -2.46. The van der Waals surface area contributed by atoms with Gasteiger partial charge in [-0.05, 0) is 74.0 Å². The van der Waals surface area contributed by atoms with Crippen molar-refractivity contribution < 1.29 is 19.0 Å². The Hall–Kier alpha value is -2.97. The number of carbonyl (C=O) groups excluding carboxylic acids is 1. The number of piperazine rings is 1. The maximum atomic E-state index is 12.4. The summed E-state index contributed by atoms with van der Waals surface area (Å²) in [5.74, 6) is 0.769. The van der Waals surface area contributed by atoms with Crippen LogP contribution in [0.15, 0.2) is 66.7 Å². The number of hydrogen-bond donors (Lipinski definition) is 1. The molecule has 1 amide bonds. The van der Waals surface area contributed by atoms with Crippen molar-refractivity contribution >= 4 is 40.5 Å². The lowest BCUT2D eigenvalue weighted by Gasteiger charge is -2.37. The van der Waals surface area contributed by atoms with Gasteiger partial charge in [0.1, 0.15) is 18.5 Å². The van der Waals surface area contributed by atoms with Crippen molar-refractivity contribution in [2.75, 3.05) is 49.2 Å². The highest BCUT2D eigenvalue weighted by atomic mass is 35.5. The molecule has 3 aromatic carbocycles. The summed E-state index contributed by atoms with van der Waals surface area (Å²) < 4.78 is 17.7. The number of anilines is 2. The molecule has 0 spiro atoms. The van der Waals surface area contributed by atoms with E-state index in [1.165, 1.54) is 5.69 Å². The van der Waals surface area contributed by atoms with Crippen LogP contribution in [0.3, 0.4) is 0 Å². The molecule has 2 aliphatic heterocycles. The van der Waals surface area contributed by atoms with Gasteiger partial charge in [0.2, 0.25) is 0 Å². The minimum Gasteiger partial charge on any atom is -0.491 e. The van der Waals surface area contributed by atoms with Crippen molar-refractivity contribution in [1.29, 1.82) is 0 Å². The standard InChI is InChI=1S/C31H35Cl2N3O4/c1-3-21(2)34-30(37)22-4-7-24(8-5-22)35-14-16-36(17-15-35)25-9-11-26(12-10-25)38-19-27-20-39-31(40-27)28-13-6-23(32)18-29(28)33/h4-13,18,21,27,31H,3,14-17,19-20H2,1-2H3,(H,34,37)/t21?,27-,31-/m1/s1. The number of ether oxygens (including phenoxy) is 3. The molecule has 2 fully saturated rings. The van der Waals surface area contributed by atoms with Crippen molar-refractivity contribution in [2.45, 2.75) is 38.7 Å². The third-order valence-corrected chi connectivity index (χ3v) is 7.93. The van der Waals surface area contributed by atoms with Gasteiger partial charge < -0.3 is 29.3 Å². The fourth-order valence-corrected chi connectivity index (χ4v) is 5.29. The molecule has 3 atom stereocenters. The molecule has 0 aliphatic carbocycles. The lowest BCUT2D eigenvalue weighted by atomic mass is 10.1. The number of hydrogen-bond acceptors (Lipinski definition) is 6. The normalized spacial score (nSPS) is 19.9. The number of rotatable bonds is 9. The number of amides is 1. The van der Waals surface area contributed by atoms with E-state index in [-0.39, 0.29) is 18.1 Å². The summed E-state index contributed by atoms with van der Waals surface area (Å²) >= 11 is 12.3. The lowest BCUT2D eigenvalue weighted by molar-refractivity contribution is -0.0658. The van der Waals surface area contributed by atoms with E-state index in [1.807, 2.05) is 49.4 Å². The van der Waals surface area contributed by atoms with Gasteiger partial charge >= 0.3 is 0 Å². The quantitative estimate of drug-likeness (QED) is 0.317. The SMILES string of the molecule is CCC(C)NC(=O)c1ccc(N2CCN(c3ccc(OC[C@@H]4CO[C@@H](c5ccc(Cl)cc5Cl)O4)cc3)CC2)cc1. The van der Waals surface area contributed by atoms with Crippen molar-refractivity contribution in [3.8, 4) is 5.75 Å². The van der Waals surface area contributed by atoms with Crippen molar-refractivity contribution in [3.63, 3.8) is 0 Å². The van der Waals surface area contributed by atoms with Crippen LogP contribution in [0.1, 0.15) is 42.5 Å². The van der Waals surface area contributed by atoms with Gasteiger partial charge in [-0.25, -0.2) is 0 Å². The molecule has 7 nitrogen and oxygen atoms in total. The van der Waals surface area contributed by atoms with Gasteiger partial charge in [0.25, 0.3) is 5.91 Å². The average Bonchev–Trinajstić information content (AvgIpc) is 3.45. The van der Waals surface area contributed by atoms with Crippen LogP contribution in [0.4, 0.5) is 11.4 Å². The van der Waals surface area contributed by atoms with Crippen LogP contribution >= 0.6 is 23.2 Å². The molecule has 0 radical (unpaired) electrons. The second-order valence-corrected chi connectivity index (χ2v) is 11.0. The van der Waals surface area contributed by atoms with E-state index in [2.05, 4.69) is 34.2 Å². The highest BCUT2D eigenvalue weighted by molar-refractivity contribution is 6.35. The first-order chi connectivity index (χ1) is 19.4. The Balaban J connectivity index is 1.07. The summed E-state index contributed by atoms with van der Waals surface area (Å²) in [5, 5.41) is 4.12. The molecular formula is C31H35Cl2N3O4. The van der Waals surface area contributed by atoms with Gasteiger partial charge in [-0.2, -0.15) is 0 Å². The Kier molecular flexibility index (Phi) is 9.37. The van der Waals surface area contributed by atoms with Crippen molar-refractivity contribution in [1.82, 2.24) is 5.32 Å². The molecule has 0 saturated carbocycles. The van der Waals surface area contributed by atoms with Crippen LogP contribution in [0, 0.1) is 0 Å². The Morgan fingerprint density at radius 1 is 0.975 bits per heavy atom. The van der Waals surface area contributed by atoms with Crippen LogP contribution in [0.25, 0.3) is 0 Å². The highest BCUT2D eigenvalue weighted by Gasteiger charge is 2.29. The molecule has 2 saturated heterocycles. The van der Waals surface area contributed by atoms with Gasteiger partial charge in [0.15, 0.2) is 6.29 Å². The number of nitrogens with zero attached hydrogens (tertiary/aromatic N) is 2. The maximum Gasteiger partial charge on any atom is 0.251 e. The minimum absolute atomic E-state index is 0.0192. The Labute approximate surface area is 245 Å². The van der Waals surface area contributed by atoms with Gasteiger partial charge in [0.05, 0.1) is 11.6 Å². The topological polar surface area (TPSA) is 63.3 Å². The molecule has 2 heterocycles. The first-order valence-corrected chi connectivity index (χ1v) is 14.5. The molecule has 2 aliphatic rings. The van der Waals surface area contributed by atoms with E-state index in [0.717, 1.165) is 49.6 Å². The van der Waals surface area contributed by atoms with E-state index in [1.54, 1.807) is 12.1 Å². The zero-order valence-electron chi connectivity index (χ0n) is 22.8. The Morgan fingerprint density at radius 3 is 2.20 bits per heavy atom. The van der Waals surface area contributed by atoms with Crippen LogP contribution in [0.5, 0.6) is 5.75 Å². The van der Waals surface area contributed by atoms with E-state index >= 15 is 0 Å². The second kappa shape index (κ2) is 13.1. The molecule has 0 aromatic heterocycles. The molecule has 9 heteroatoms. The predicted octanol–water partition coefficient (Wildman–Crippen LogP) is 6.34. The van der Waals surface area contributed by atoms with Crippen LogP contribution in [-0.2, 0) is 9.47 Å². The third kappa shape index (κ3) is 7.02. The summed E-state index contributed by atoms with van der Waals surface area (Å²) in [4.78, 5) is 17.1. The summed E-state index contributed by atoms with van der Waals surface area (Å²) in [5.41, 5.74) is 3.77. The van der Waals surface area contributed by atoms with Crippen LogP contribution in [0.2, 0.25) is 10.0 Å². The fraction of sp³-hybridized carbons (Fsp3) is 0.387. The number of halogens is 2. The number of benzene rings is 3. The smallest absolute Gasteiger partial charge is 0.251 e. The molecule has 0 bridgehead atoms. The van der Waals surface area contributed by atoms with E-state index in [0.29, 0.717) is 28.8 Å². The predicted molar refractivity (Wildman–Crippen MR) is 160 cm³/mol. The van der Waals surface area contributed by atoms with Gasteiger partial charge in [0, 0.05) is 59.7 Å². The van der Waals surface area contributed by atoms with Gasteiger partial charge in [-0.15, -0.1) is 0 Å². The zero-order chi connectivity index (χ0) is 28.1. The Morgan fingerprint density at radius 2 is 1.60 bits per heavy atom. The summed E-state index contributed by atoms with van der Waals surface area (Å²) in [7, 11) is 0. The zero-order valence-corrected chi connectivity index (χ0v) is 24.3. The summed E-state index contributed by atoms with van der Waals surface area (Å²) in [6.45, 7) is 8.55. The van der Waals surface area contributed by atoms with Gasteiger partial charge in [-0.3, -0.25) is 4.79 Å². The van der Waals surface area contributed by atoms with Crippen LogP contribution in [-0.4, -0.2) is 57.4 Å². The molecule has 3 aromatic rings. The summed E-state index contributed by atoms with van der Waals surface area (Å²) in [6, 6.07) is 21.5. The first-order valence-electron chi connectivity index (χ1n) is 13.8. The molecule has 40 heavy (non-hydrogen) atoms. The molecule has 5 rings (SSSR count). The second-order valence-electron chi connectivity index (χ2n) is 10.2.